The van der Waals surface area contributed by atoms with Gasteiger partial charge in [0.15, 0.2) is 5.13 Å². The zero-order chi connectivity index (χ0) is 29.0. The summed E-state index contributed by atoms with van der Waals surface area (Å²) in [5, 5.41) is 14.2. The molecule has 0 radical (unpaired) electrons. The number of benzene rings is 3. The first-order valence-corrected chi connectivity index (χ1v) is 14.3. The van der Waals surface area contributed by atoms with E-state index in [2.05, 4.69) is 10.1 Å². The molecule has 0 atom stereocenters. The first-order valence-electron chi connectivity index (χ1n) is 13.5. The van der Waals surface area contributed by atoms with Gasteiger partial charge in [0.25, 0.3) is 0 Å². The predicted octanol–water partition coefficient (Wildman–Crippen LogP) is 7.69. The Morgan fingerprint density at radius 2 is 1.93 bits per heavy atom. The monoisotopic (exact) mass is 591 g/mol. The third-order valence-electron chi connectivity index (χ3n) is 7.72. The van der Waals surface area contributed by atoms with Gasteiger partial charge in [-0.15, -0.1) is 0 Å². The number of carboxylic acids is 1. The number of rotatable bonds is 7. The van der Waals surface area contributed by atoms with Gasteiger partial charge in [-0.3, -0.25) is 0 Å². The van der Waals surface area contributed by atoms with Crippen molar-refractivity contribution in [2.24, 2.45) is 0 Å². The van der Waals surface area contributed by atoms with E-state index in [0.29, 0.717) is 23.6 Å². The van der Waals surface area contributed by atoms with Crippen LogP contribution < -0.4 is 9.64 Å². The van der Waals surface area contributed by atoms with Crippen LogP contribution in [0.1, 0.15) is 57.1 Å². The van der Waals surface area contributed by atoms with Gasteiger partial charge in [-0.1, -0.05) is 40.8 Å². The predicted molar refractivity (Wildman–Crippen MR) is 151 cm³/mol. The number of anilines is 1. The highest BCUT2D eigenvalue weighted by atomic mass is 32.1. The molecule has 1 saturated carbocycles. The van der Waals surface area contributed by atoms with Crippen LogP contribution >= 0.6 is 11.3 Å². The fourth-order valence-corrected chi connectivity index (χ4v) is 6.42. The SMILES string of the molecule is O=C(O)c1ccc2nc(N3CCc4cc(OCc5c(-c6ccccc6C(F)(F)F)noc5C5CC5)ccc4C3)sc2c1. The third kappa shape index (κ3) is 4.98. The number of carbonyl (C=O) groups is 1. The first kappa shape index (κ1) is 26.5. The number of hydrogen-bond donors (Lipinski definition) is 1. The number of aromatic carboxylic acids is 1. The van der Waals surface area contributed by atoms with E-state index in [4.69, 9.17) is 14.2 Å². The molecule has 2 aliphatic rings. The van der Waals surface area contributed by atoms with Gasteiger partial charge >= 0.3 is 12.1 Å². The molecule has 3 heterocycles. The van der Waals surface area contributed by atoms with Crippen molar-refractivity contribution in [1.82, 2.24) is 10.1 Å². The molecule has 7 rings (SSSR count). The number of fused-ring (bicyclic) bond motifs is 2. The van der Waals surface area contributed by atoms with Crippen LogP contribution in [0.2, 0.25) is 0 Å². The molecule has 7 nitrogen and oxygen atoms in total. The molecule has 1 fully saturated rings. The summed E-state index contributed by atoms with van der Waals surface area (Å²) in [7, 11) is 0. The summed E-state index contributed by atoms with van der Waals surface area (Å²) in [6, 6.07) is 16.2. The van der Waals surface area contributed by atoms with Crippen molar-refractivity contribution in [2.45, 2.75) is 44.5 Å². The van der Waals surface area contributed by atoms with Gasteiger partial charge in [-0.05, 0) is 66.8 Å². The summed E-state index contributed by atoms with van der Waals surface area (Å²) in [5.74, 6) is 0.408. The van der Waals surface area contributed by atoms with Crippen LogP contribution in [0, 0.1) is 0 Å². The molecule has 5 aromatic rings. The summed E-state index contributed by atoms with van der Waals surface area (Å²) in [4.78, 5) is 18.2. The van der Waals surface area contributed by atoms with E-state index in [-0.39, 0.29) is 29.3 Å². The lowest BCUT2D eigenvalue weighted by molar-refractivity contribution is -0.137. The number of alkyl halides is 3. The molecule has 2 aromatic heterocycles. The molecule has 0 amide bonds. The second-order valence-electron chi connectivity index (χ2n) is 10.6. The van der Waals surface area contributed by atoms with Crippen LogP contribution in [-0.2, 0) is 25.7 Å². The molecule has 214 valence electrons. The fourth-order valence-electron chi connectivity index (χ4n) is 5.39. The Bertz CT molecular complexity index is 1830. The van der Waals surface area contributed by atoms with Crippen LogP contribution in [-0.4, -0.2) is 27.8 Å². The molecule has 42 heavy (non-hydrogen) atoms. The number of halogens is 3. The Morgan fingerprint density at radius 1 is 1.10 bits per heavy atom. The van der Waals surface area contributed by atoms with Crippen molar-refractivity contribution in [3.63, 3.8) is 0 Å². The highest BCUT2D eigenvalue weighted by Gasteiger charge is 2.37. The molecule has 0 bridgehead atoms. The van der Waals surface area contributed by atoms with Crippen molar-refractivity contribution in [1.29, 1.82) is 0 Å². The molecule has 0 unspecified atom stereocenters. The topological polar surface area (TPSA) is 88.7 Å². The largest absolute Gasteiger partial charge is 0.489 e. The lowest BCUT2D eigenvalue weighted by Crippen LogP contribution is -2.30. The maximum atomic E-state index is 13.8. The standard InChI is InChI=1S/C31H24F3N3O4S/c32-31(33,34)24-4-2-1-3-22(24)27-23(28(41-36-27)17-5-6-17)16-40-21-9-7-20-15-37(12-11-18(20)13-21)30-35-25-10-8-19(29(38)39)14-26(25)42-30/h1-4,7-10,13-14,17H,5-6,11-12,15-16H2,(H,38,39). The van der Waals surface area contributed by atoms with Crippen LogP contribution in [0.15, 0.2) is 65.2 Å². The lowest BCUT2D eigenvalue weighted by atomic mass is 9.99. The maximum absolute atomic E-state index is 13.8. The second-order valence-corrected chi connectivity index (χ2v) is 11.6. The summed E-state index contributed by atoms with van der Waals surface area (Å²) in [5.41, 5.74) is 3.22. The Balaban J connectivity index is 1.10. The van der Waals surface area contributed by atoms with Crippen molar-refractivity contribution < 1.29 is 32.3 Å². The van der Waals surface area contributed by atoms with E-state index in [1.54, 1.807) is 24.3 Å². The zero-order valence-electron chi connectivity index (χ0n) is 22.1. The molecule has 1 aliphatic carbocycles. The zero-order valence-corrected chi connectivity index (χ0v) is 23.0. The van der Waals surface area contributed by atoms with Gasteiger partial charge in [0.1, 0.15) is 23.8 Å². The van der Waals surface area contributed by atoms with E-state index >= 15 is 0 Å². The Kier molecular flexibility index (Phi) is 6.41. The molecule has 11 heteroatoms. The Hall–Kier alpha value is -4.38. The molecule has 0 saturated heterocycles. The average molecular weight is 592 g/mol. The van der Waals surface area contributed by atoms with Crippen LogP contribution in [0.4, 0.5) is 18.3 Å². The third-order valence-corrected chi connectivity index (χ3v) is 8.80. The molecular weight excluding hydrogens is 567 g/mol. The van der Waals surface area contributed by atoms with Crippen molar-refractivity contribution in [3.05, 3.63) is 94.2 Å². The molecule has 3 aromatic carbocycles. The Labute approximate surface area is 242 Å². The fraction of sp³-hybridized carbons (Fsp3) is 0.258. The van der Waals surface area contributed by atoms with Gasteiger partial charge < -0.3 is 19.3 Å². The van der Waals surface area contributed by atoms with E-state index in [9.17, 15) is 23.1 Å². The number of nitrogens with zero attached hydrogens (tertiary/aromatic N) is 3. The normalized spacial score (nSPS) is 15.2. The van der Waals surface area contributed by atoms with Crippen molar-refractivity contribution >= 4 is 32.7 Å². The van der Waals surface area contributed by atoms with Gasteiger partial charge in [-0.2, -0.15) is 13.2 Å². The van der Waals surface area contributed by atoms with Crippen molar-refractivity contribution in [3.8, 4) is 17.0 Å². The smallest absolute Gasteiger partial charge is 0.417 e. The van der Waals surface area contributed by atoms with Crippen molar-refractivity contribution in [2.75, 3.05) is 11.4 Å². The Morgan fingerprint density at radius 3 is 2.71 bits per heavy atom. The summed E-state index contributed by atoms with van der Waals surface area (Å²) < 4.78 is 53.9. The molecular formula is C31H24F3N3O4S. The van der Waals surface area contributed by atoms with E-state index < -0.39 is 17.7 Å². The minimum Gasteiger partial charge on any atom is -0.489 e. The number of ether oxygens (including phenoxy) is 1. The highest BCUT2D eigenvalue weighted by Crippen LogP contribution is 2.46. The molecule has 1 N–H and O–H groups in total. The number of hydrogen-bond acceptors (Lipinski definition) is 7. The average Bonchev–Trinajstić information content (AvgIpc) is 3.59. The number of aromatic nitrogens is 2. The van der Waals surface area contributed by atoms with Crippen LogP contribution in [0.3, 0.4) is 0 Å². The summed E-state index contributed by atoms with van der Waals surface area (Å²) in [6.45, 7) is 1.43. The van der Waals surface area contributed by atoms with E-state index in [0.717, 1.165) is 58.3 Å². The minimum absolute atomic E-state index is 0.0150. The minimum atomic E-state index is -4.52. The van der Waals surface area contributed by atoms with E-state index in [1.165, 1.54) is 23.5 Å². The van der Waals surface area contributed by atoms with Gasteiger partial charge in [0.05, 0.1) is 26.9 Å². The number of carboxylic acid groups (broad SMARTS) is 1. The second kappa shape index (κ2) is 10.2. The molecule has 1 aliphatic heterocycles. The molecule has 0 spiro atoms. The first-order chi connectivity index (χ1) is 20.2. The quantitative estimate of drug-likeness (QED) is 0.208. The highest BCUT2D eigenvalue weighted by molar-refractivity contribution is 7.22. The van der Waals surface area contributed by atoms with Crippen LogP contribution in [0.25, 0.3) is 21.5 Å². The van der Waals surface area contributed by atoms with Gasteiger partial charge in [0.2, 0.25) is 0 Å². The summed E-state index contributed by atoms with van der Waals surface area (Å²) in [6.07, 6.45) is -1.94. The summed E-state index contributed by atoms with van der Waals surface area (Å²) >= 11 is 1.47. The maximum Gasteiger partial charge on any atom is 0.417 e. The van der Waals surface area contributed by atoms with Crippen LogP contribution in [0.5, 0.6) is 5.75 Å². The van der Waals surface area contributed by atoms with E-state index in [1.807, 2.05) is 18.2 Å². The van der Waals surface area contributed by atoms with Gasteiger partial charge in [0, 0.05) is 24.6 Å². The van der Waals surface area contributed by atoms with Gasteiger partial charge in [-0.25, -0.2) is 9.78 Å². The number of thiazole rings is 1. The lowest BCUT2D eigenvalue weighted by Gasteiger charge is -2.28.